The van der Waals surface area contributed by atoms with Crippen molar-refractivity contribution in [1.29, 1.82) is 0 Å². The van der Waals surface area contributed by atoms with Crippen LogP contribution in [0.1, 0.15) is 21.6 Å². The molecule has 7 nitrogen and oxygen atoms in total. The van der Waals surface area contributed by atoms with Crippen LogP contribution in [0.5, 0.6) is 5.75 Å². The topological polar surface area (TPSA) is 93.5 Å². The largest absolute Gasteiger partial charge is 0.497 e. The predicted octanol–water partition coefficient (Wildman–Crippen LogP) is 4.71. The van der Waals surface area contributed by atoms with Crippen molar-refractivity contribution in [3.8, 4) is 22.7 Å². The van der Waals surface area contributed by atoms with E-state index in [9.17, 15) is 14.7 Å². The average Bonchev–Trinajstić information content (AvgIpc) is 3.20. The normalized spacial score (nSPS) is 11.2. The number of carbonyl (C=O) groups is 2. The van der Waals surface area contributed by atoms with E-state index in [1.54, 1.807) is 49.0 Å². The van der Waals surface area contributed by atoms with Gasteiger partial charge in [-0.05, 0) is 49.4 Å². The molecule has 1 aromatic heterocycles. The number of carbonyl (C=O) groups excluding carboxylic acids is 1. The number of aryl methyl sites for hydroxylation is 1. The summed E-state index contributed by atoms with van der Waals surface area (Å²) in [7, 11) is 1.60. The number of carboxylic acid groups (broad SMARTS) is 1. The summed E-state index contributed by atoms with van der Waals surface area (Å²) in [5.74, 6) is -1.04. The van der Waals surface area contributed by atoms with Crippen molar-refractivity contribution in [2.24, 2.45) is 0 Å². The zero-order chi connectivity index (χ0) is 24.1. The summed E-state index contributed by atoms with van der Waals surface area (Å²) >= 11 is 0. The Morgan fingerprint density at radius 2 is 1.56 bits per heavy atom. The second kappa shape index (κ2) is 9.87. The lowest BCUT2D eigenvalue weighted by molar-refractivity contribution is -0.132. The molecule has 0 aliphatic rings. The molecule has 4 aromatic rings. The van der Waals surface area contributed by atoms with Crippen LogP contribution in [-0.2, 0) is 4.79 Å². The van der Waals surface area contributed by atoms with E-state index in [4.69, 9.17) is 4.74 Å². The molecule has 1 amide bonds. The van der Waals surface area contributed by atoms with E-state index >= 15 is 0 Å². The van der Waals surface area contributed by atoms with Gasteiger partial charge in [-0.25, -0.2) is 9.48 Å². The highest BCUT2D eigenvalue weighted by atomic mass is 16.5. The lowest BCUT2D eigenvalue weighted by atomic mass is 10.0. The zero-order valence-electron chi connectivity index (χ0n) is 18.7. The minimum absolute atomic E-state index is 0.247. The Bertz CT molecular complexity index is 1340. The summed E-state index contributed by atoms with van der Waals surface area (Å²) in [5.41, 5.74) is 3.66. The van der Waals surface area contributed by atoms with Gasteiger partial charge >= 0.3 is 5.97 Å². The Kier molecular flexibility index (Phi) is 6.54. The molecule has 3 aromatic carbocycles. The van der Waals surface area contributed by atoms with Gasteiger partial charge in [0.05, 0.1) is 24.2 Å². The van der Waals surface area contributed by atoms with Gasteiger partial charge in [-0.2, -0.15) is 5.10 Å². The van der Waals surface area contributed by atoms with E-state index in [2.05, 4.69) is 10.4 Å². The number of ether oxygens (including phenoxy) is 1. The number of nitrogens with one attached hydrogen (secondary N) is 1. The highest BCUT2D eigenvalue weighted by Gasteiger charge is 2.20. The molecule has 0 bridgehead atoms. The van der Waals surface area contributed by atoms with Gasteiger partial charge in [-0.15, -0.1) is 0 Å². The second-order valence-electron chi connectivity index (χ2n) is 7.51. The first kappa shape index (κ1) is 22.5. The van der Waals surface area contributed by atoms with Crippen molar-refractivity contribution in [1.82, 2.24) is 15.1 Å². The highest BCUT2D eigenvalue weighted by molar-refractivity contribution is 6.03. The Morgan fingerprint density at radius 3 is 2.15 bits per heavy atom. The smallest absolute Gasteiger partial charge is 0.352 e. The van der Waals surface area contributed by atoms with Gasteiger partial charge in [-0.1, -0.05) is 48.5 Å². The van der Waals surface area contributed by atoms with E-state index < -0.39 is 11.9 Å². The third-order valence-corrected chi connectivity index (χ3v) is 5.27. The van der Waals surface area contributed by atoms with Gasteiger partial charge < -0.3 is 15.2 Å². The molecule has 0 aliphatic carbocycles. The molecule has 7 heteroatoms. The zero-order valence-corrected chi connectivity index (χ0v) is 18.7. The molecule has 34 heavy (non-hydrogen) atoms. The highest BCUT2D eigenvalue weighted by Crippen LogP contribution is 2.31. The lowest BCUT2D eigenvalue weighted by Crippen LogP contribution is -2.27. The maximum absolute atomic E-state index is 12.6. The Morgan fingerprint density at radius 1 is 0.941 bits per heavy atom. The Hall–Kier alpha value is -4.65. The molecular weight excluding hydrogens is 430 g/mol. The number of amides is 1. The Balaban J connectivity index is 1.84. The number of hydrogen-bond donors (Lipinski definition) is 2. The summed E-state index contributed by atoms with van der Waals surface area (Å²) in [6, 6.07) is 25.4. The number of aliphatic carboxylic acids is 1. The second-order valence-corrected chi connectivity index (χ2v) is 7.51. The van der Waals surface area contributed by atoms with Gasteiger partial charge in [0.15, 0.2) is 0 Å². The molecule has 0 atom stereocenters. The quantitative estimate of drug-likeness (QED) is 0.395. The number of hydrogen-bond acceptors (Lipinski definition) is 4. The van der Waals surface area contributed by atoms with Crippen LogP contribution in [-0.4, -0.2) is 33.9 Å². The van der Waals surface area contributed by atoms with Gasteiger partial charge in [0, 0.05) is 16.7 Å². The first-order valence-corrected chi connectivity index (χ1v) is 10.6. The van der Waals surface area contributed by atoms with Crippen molar-refractivity contribution < 1.29 is 19.4 Å². The van der Waals surface area contributed by atoms with Crippen molar-refractivity contribution in [3.63, 3.8) is 0 Å². The fourth-order valence-corrected chi connectivity index (χ4v) is 3.58. The molecule has 1 heterocycles. The summed E-state index contributed by atoms with van der Waals surface area (Å²) in [6.45, 7) is 1.80. The molecule has 170 valence electrons. The van der Waals surface area contributed by atoms with Crippen LogP contribution in [0.2, 0.25) is 0 Å². The SMILES string of the molecule is COc1ccc(-n2nc(C)c(/C=C(/NC(=O)c3ccccc3)C(=O)O)c2-c2ccccc2)cc1. The van der Waals surface area contributed by atoms with E-state index in [1.165, 1.54) is 6.08 Å². The first-order valence-electron chi connectivity index (χ1n) is 10.6. The number of aromatic nitrogens is 2. The summed E-state index contributed by atoms with van der Waals surface area (Å²) < 4.78 is 7.02. The van der Waals surface area contributed by atoms with Crippen LogP contribution in [0.15, 0.2) is 90.6 Å². The van der Waals surface area contributed by atoms with Crippen molar-refractivity contribution in [2.45, 2.75) is 6.92 Å². The van der Waals surface area contributed by atoms with Crippen LogP contribution in [0.3, 0.4) is 0 Å². The number of benzene rings is 3. The summed E-state index contributed by atoms with van der Waals surface area (Å²) in [4.78, 5) is 24.7. The molecule has 0 radical (unpaired) electrons. The van der Waals surface area contributed by atoms with Crippen LogP contribution in [0.25, 0.3) is 23.0 Å². The summed E-state index contributed by atoms with van der Waals surface area (Å²) in [5, 5.41) is 17.0. The molecule has 2 N–H and O–H groups in total. The number of nitrogens with zero attached hydrogens (tertiary/aromatic N) is 2. The van der Waals surface area contributed by atoms with Gasteiger partial charge in [-0.3, -0.25) is 4.79 Å². The van der Waals surface area contributed by atoms with Crippen molar-refractivity contribution in [3.05, 3.63) is 107 Å². The standard InChI is InChI=1S/C27H23N3O4/c1-18-23(17-24(27(32)33)28-26(31)20-11-7-4-8-12-20)25(19-9-5-3-6-10-19)30(29-18)21-13-15-22(34-2)16-14-21/h3-17H,1-2H3,(H,28,31)(H,32,33)/b24-17+. The molecule has 4 rings (SSSR count). The van der Waals surface area contributed by atoms with E-state index in [1.807, 2.05) is 54.6 Å². The lowest BCUT2D eigenvalue weighted by Gasteiger charge is -2.11. The third-order valence-electron chi connectivity index (χ3n) is 5.27. The molecule has 0 fully saturated rings. The molecule has 0 spiro atoms. The van der Waals surface area contributed by atoms with Crippen LogP contribution < -0.4 is 10.1 Å². The number of rotatable bonds is 7. The fraction of sp³-hybridized carbons (Fsp3) is 0.0741. The van der Waals surface area contributed by atoms with E-state index in [0.717, 1.165) is 11.3 Å². The molecule has 0 aliphatic heterocycles. The minimum atomic E-state index is -1.25. The molecule has 0 saturated heterocycles. The van der Waals surface area contributed by atoms with Crippen LogP contribution >= 0.6 is 0 Å². The van der Waals surface area contributed by atoms with E-state index in [0.29, 0.717) is 28.3 Å². The van der Waals surface area contributed by atoms with Crippen LogP contribution in [0.4, 0.5) is 0 Å². The van der Waals surface area contributed by atoms with Crippen molar-refractivity contribution in [2.75, 3.05) is 7.11 Å². The molecule has 0 saturated carbocycles. The maximum atomic E-state index is 12.6. The van der Waals surface area contributed by atoms with Crippen LogP contribution in [0, 0.1) is 6.92 Å². The summed E-state index contributed by atoms with van der Waals surface area (Å²) in [6.07, 6.45) is 1.45. The monoisotopic (exact) mass is 453 g/mol. The third kappa shape index (κ3) is 4.73. The van der Waals surface area contributed by atoms with Crippen molar-refractivity contribution >= 4 is 18.0 Å². The average molecular weight is 453 g/mol. The molecular formula is C27H23N3O4. The van der Waals surface area contributed by atoms with E-state index in [-0.39, 0.29) is 5.70 Å². The maximum Gasteiger partial charge on any atom is 0.352 e. The number of carboxylic acids is 1. The van der Waals surface area contributed by atoms with Gasteiger partial charge in [0.25, 0.3) is 5.91 Å². The minimum Gasteiger partial charge on any atom is -0.497 e. The first-order chi connectivity index (χ1) is 16.5. The fourth-order valence-electron chi connectivity index (χ4n) is 3.58. The van der Waals surface area contributed by atoms with Gasteiger partial charge in [0.2, 0.25) is 0 Å². The number of methoxy groups -OCH3 is 1. The van der Waals surface area contributed by atoms with Gasteiger partial charge in [0.1, 0.15) is 11.4 Å². The Labute approximate surface area is 196 Å². The predicted molar refractivity (Wildman–Crippen MR) is 130 cm³/mol. The molecule has 0 unspecified atom stereocenters.